The number of halogens is 1. The lowest BCUT2D eigenvalue weighted by atomic mass is 10.1. The van der Waals surface area contributed by atoms with Crippen molar-refractivity contribution in [2.24, 2.45) is 0 Å². The molecule has 2 aromatic heterocycles. The van der Waals surface area contributed by atoms with Crippen molar-refractivity contribution in [3.05, 3.63) is 66.2 Å². The SMILES string of the molecule is COc1ccccc1Nc1ncc(-c2ccc(Cl)c(OC(C)Cn3cnnn3)c2)cn1. The summed E-state index contributed by atoms with van der Waals surface area (Å²) >= 11 is 6.33. The van der Waals surface area contributed by atoms with Crippen molar-refractivity contribution in [3.8, 4) is 22.6 Å². The van der Waals surface area contributed by atoms with Gasteiger partial charge in [-0.3, -0.25) is 0 Å². The lowest BCUT2D eigenvalue weighted by Gasteiger charge is -2.16. The number of nitrogens with one attached hydrogen (secondary N) is 1. The van der Waals surface area contributed by atoms with Crippen LogP contribution in [0.4, 0.5) is 11.6 Å². The molecule has 2 heterocycles. The quantitative estimate of drug-likeness (QED) is 0.441. The first-order valence-corrected chi connectivity index (χ1v) is 9.89. The third kappa shape index (κ3) is 5.07. The van der Waals surface area contributed by atoms with Gasteiger partial charge >= 0.3 is 0 Å². The number of nitrogens with zero attached hydrogens (tertiary/aromatic N) is 6. The molecular weight excluding hydrogens is 418 g/mol. The Balaban J connectivity index is 1.48. The second kappa shape index (κ2) is 9.40. The van der Waals surface area contributed by atoms with Crippen molar-refractivity contribution >= 4 is 23.2 Å². The fourth-order valence-corrected chi connectivity index (χ4v) is 3.13. The summed E-state index contributed by atoms with van der Waals surface area (Å²) in [5.41, 5.74) is 2.51. The van der Waals surface area contributed by atoms with E-state index in [0.717, 1.165) is 16.8 Å². The molecule has 1 atom stereocenters. The first-order chi connectivity index (χ1) is 15.1. The van der Waals surface area contributed by atoms with E-state index in [2.05, 4.69) is 30.8 Å². The van der Waals surface area contributed by atoms with Gasteiger partial charge in [0.15, 0.2) is 0 Å². The van der Waals surface area contributed by atoms with Crippen LogP contribution in [0, 0.1) is 0 Å². The predicted octanol–water partition coefficient (Wildman–Crippen LogP) is 4.00. The zero-order chi connectivity index (χ0) is 21.6. The van der Waals surface area contributed by atoms with Gasteiger partial charge in [-0.2, -0.15) is 0 Å². The highest BCUT2D eigenvalue weighted by atomic mass is 35.5. The highest BCUT2D eigenvalue weighted by Gasteiger charge is 2.12. The number of para-hydroxylation sites is 2. The van der Waals surface area contributed by atoms with Crippen LogP contribution in [-0.2, 0) is 6.54 Å². The highest BCUT2D eigenvalue weighted by Crippen LogP contribution is 2.31. The molecule has 0 saturated carbocycles. The maximum absolute atomic E-state index is 6.33. The zero-order valence-corrected chi connectivity index (χ0v) is 17.7. The molecule has 0 aliphatic heterocycles. The molecule has 0 amide bonds. The maximum atomic E-state index is 6.33. The molecule has 0 radical (unpaired) electrons. The lowest BCUT2D eigenvalue weighted by Crippen LogP contribution is -2.20. The van der Waals surface area contributed by atoms with Gasteiger partial charge in [0.05, 0.1) is 24.4 Å². The van der Waals surface area contributed by atoms with Gasteiger partial charge in [-0.1, -0.05) is 29.8 Å². The fraction of sp³-hybridized carbons (Fsp3) is 0.190. The number of aromatic nitrogens is 6. The summed E-state index contributed by atoms with van der Waals surface area (Å²) in [5.74, 6) is 1.75. The van der Waals surface area contributed by atoms with Gasteiger partial charge in [0.1, 0.15) is 23.9 Å². The van der Waals surface area contributed by atoms with Crippen molar-refractivity contribution in [2.45, 2.75) is 19.6 Å². The van der Waals surface area contributed by atoms with Gasteiger partial charge in [-0.05, 0) is 47.2 Å². The summed E-state index contributed by atoms with van der Waals surface area (Å²) in [6.45, 7) is 2.42. The van der Waals surface area contributed by atoms with Crippen LogP contribution in [-0.4, -0.2) is 43.4 Å². The van der Waals surface area contributed by atoms with Gasteiger partial charge in [-0.25, -0.2) is 14.6 Å². The minimum absolute atomic E-state index is 0.181. The molecule has 4 rings (SSSR count). The molecular formula is C21H20ClN7O2. The standard InChI is InChI=1S/C21H20ClN7O2/c1-14(12-29-13-25-27-28-29)31-20-9-15(7-8-17(20)22)16-10-23-21(24-11-16)26-18-5-3-4-6-19(18)30-2/h3-11,13-14H,12H2,1-2H3,(H,23,24,26). The fourth-order valence-electron chi connectivity index (χ4n) is 2.96. The van der Waals surface area contributed by atoms with Crippen molar-refractivity contribution in [1.29, 1.82) is 0 Å². The summed E-state index contributed by atoms with van der Waals surface area (Å²) in [6.07, 6.45) is 4.83. The van der Waals surface area contributed by atoms with E-state index in [1.807, 2.05) is 43.3 Å². The molecule has 1 N–H and O–H groups in total. The topological polar surface area (TPSA) is 99.9 Å². The van der Waals surface area contributed by atoms with E-state index >= 15 is 0 Å². The van der Waals surface area contributed by atoms with Crippen molar-refractivity contribution in [1.82, 2.24) is 30.2 Å². The molecule has 1 unspecified atom stereocenters. The van der Waals surface area contributed by atoms with Gasteiger partial charge in [0, 0.05) is 18.0 Å². The highest BCUT2D eigenvalue weighted by molar-refractivity contribution is 6.32. The molecule has 0 spiro atoms. The maximum Gasteiger partial charge on any atom is 0.227 e. The number of ether oxygens (including phenoxy) is 2. The Kier molecular flexibility index (Phi) is 6.23. The third-order valence-corrected chi connectivity index (χ3v) is 4.75. The smallest absolute Gasteiger partial charge is 0.227 e. The Hall–Kier alpha value is -3.72. The molecule has 0 aliphatic rings. The number of hydrogen-bond donors (Lipinski definition) is 1. The Labute approximate surface area is 184 Å². The molecule has 31 heavy (non-hydrogen) atoms. The van der Waals surface area contributed by atoms with Crippen LogP contribution in [0.3, 0.4) is 0 Å². The summed E-state index contributed by atoms with van der Waals surface area (Å²) < 4.78 is 12.9. The number of anilines is 2. The third-order valence-electron chi connectivity index (χ3n) is 4.43. The first-order valence-electron chi connectivity index (χ1n) is 9.52. The molecule has 0 fully saturated rings. The Bertz CT molecular complexity index is 1140. The summed E-state index contributed by atoms with van der Waals surface area (Å²) in [4.78, 5) is 8.82. The normalized spacial score (nSPS) is 11.7. The summed E-state index contributed by atoms with van der Waals surface area (Å²) in [6, 6.07) is 13.1. The van der Waals surface area contributed by atoms with Crippen molar-refractivity contribution in [3.63, 3.8) is 0 Å². The average Bonchev–Trinajstić information content (AvgIpc) is 3.29. The van der Waals surface area contributed by atoms with E-state index in [4.69, 9.17) is 21.1 Å². The van der Waals surface area contributed by atoms with E-state index in [1.54, 1.807) is 30.3 Å². The largest absolute Gasteiger partial charge is 0.495 e. The van der Waals surface area contributed by atoms with Crippen LogP contribution >= 0.6 is 11.6 Å². The second-order valence-electron chi connectivity index (χ2n) is 6.73. The summed E-state index contributed by atoms with van der Waals surface area (Å²) in [5, 5.41) is 14.8. The number of tetrazole rings is 1. The first kappa shape index (κ1) is 20.5. The van der Waals surface area contributed by atoms with E-state index in [1.165, 1.54) is 6.33 Å². The molecule has 0 aliphatic carbocycles. The Morgan fingerprint density at radius 2 is 1.87 bits per heavy atom. The average molecular weight is 438 g/mol. The molecule has 158 valence electrons. The van der Waals surface area contributed by atoms with Crippen LogP contribution in [0.5, 0.6) is 11.5 Å². The van der Waals surface area contributed by atoms with Crippen LogP contribution in [0.1, 0.15) is 6.92 Å². The molecule has 0 saturated heterocycles. The van der Waals surface area contributed by atoms with E-state index in [9.17, 15) is 0 Å². The minimum Gasteiger partial charge on any atom is -0.495 e. The van der Waals surface area contributed by atoms with Crippen molar-refractivity contribution < 1.29 is 9.47 Å². The molecule has 10 heteroatoms. The lowest BCUT2D eigenvalue weighted by molar-refractivity contribution is 0.193. The number of rotatable bonds is 8. The predicted molar refractivity (Wildman–Crippen MR) is 117 cm³/mol. The number of methoxy groups -OCH3 is 1. The van der Waals surface area contributed by atoms with E-state index in [-0.39, 0.29) is 6.10 Å². The molecule has 4 aromatic rings. The molecule has 0 bridgehead atoms. The van der Waals surface area contributed by atoms with Gasteiger partial charge < -0.3 is 14.8 Å². The van der Waals surface area contributed by atoms with Crippen LogP contribution < -0.4 is 14.8 Å². The monoisotopic (exact) mass is 437 g/mol. The van der Waals surface area contributed by atoms with E-state index in [0.29, 0.717) is 29.0 Å². The number of hydrogen-bond acceptors (Lipinski definition) is 8. The van der Waals surface area contributed by atoms with Crippen LogP contribution in [0.25, 0.3) is 11.1 Å². The number of benzene rings is 2. The summed E-state index contributed by atoms with van der Waals surface area (Å²) in [7, 11) is 1.62. The minimum atomic E-state index is -0.181. The molecule has 2 aromatic carbocycles. The zero-order valence-electron chi connectivity index (χ0n) is 16.9. The van der Waals surface area contributed by atoms with Gasteiger partial charge in [0.2, 0.25) is 5.95 Å². The van der Waals surface area contributed by atoms with Crippen LogP contribution in [0.2, 0.25) is 5.02 Å². The molecule has 9 nitrogen and oxygen atoms in total. The Morgan fingerprint density at radius 3 is 2.61 bits per heavy atom. The Morgan fingerprint density at radius 1 is 1.06 bits per heavy atom. The van der Waals surface area contributed by atoms with E-state index < -0.39 is 0 Å². The van der Waals surface area contributed by atoms with Crippen molar-refractivity contribution in [2.75, 3.05) is 12.4 Å². The van der Waals surface area contributed by atoms with Gasteiger partial charge in [0.25, 0.3) is 0 Å². The second-order valence-corrected chi connectivity index (χ2v) is 7.13. The van der Waals surface area contributed by atoms with Crippen LogP contribution in [0.15, 0.2) is 61.2 Å². The van der Waals surface area contributed by atoms with Gasteiger partial charge in [-0.15, -0.1) is 5.10 Å².